The number of hydrogen-bond donors (Lipinski definition) is 1. The van der Waals surface area contributed by atoms with Crippen LogP contribution < -0.4 is 10.3 Å². The van der Waals surface area contributed by atoms with Crippen LogP contribution in [0.15, 0.2) is 39.6 Å². The number of aromatic amines is 1. The monoisotopic (exact) mass is 379 g/mol. The molecule has 4 nitrogen and oxygen atoms in total. The molecule has 0 unspecified atom stereocenters. The van der Waals surface area contributed by atoms with Crippen LogP contribution in [0, 0.1) is 23.3 Å². The zero-order valence-electron chi connectivity index (χ0n) is 12.3. The van der Waals surface area contributed by atoms with E-state index in [0.29, 0.717) is 4.68 Å². The summed E-state index contributed by atoms with van der Waals surface area (Å²) >= 11 is 0. The van der Waals surface area contributed by atoms with Gasteiger partial charge in [-0.1, -0.05) is 18.2 Å². The van der Waals surface area contributed by atoms with Crippen LogP contribution in [0.2, 0.25) is 0 Å². The van der Waals surface area contributed by atoms with Gasteiger partial charge in [0.25, 0.3) is 0 Å². The van der Waals surface area contributed by atoms with Gasteiger partial charge in [0, 0.05) is 12.1 Å². The van der Waals surface area contributed by atoms with Gasteiger partial charge in [-0.25, -0.2) is 22.4 Å². The molecule has 0 fully saturated rings. The van der Waals surface area contributed by atoms with Crippen molar-refractivity contribution in [3.8, 4) is 16.9 Å². The highest BCUT2D eigenvalue weighted by Crippen LogP contribution is 2.38. The molecule has 1 N–H and O–H groups in total. The molecule has 0 aliphatic heterocycles. The summed E-state index contributed by atoms with van der Waals surface area (Å²) in [5, 5.41) is 1.96. The Hall–Kier alpha value is -3.11. The first-order chi connectivity index (χ1) is 12.1. The van der Waals surface area contributed by atoms with Crippen molar-refractivity contribution in [1.82, 2.24) is 5.27 Å². The van der Waals surface area contributed by atoms with Gasteiger partial charge in [-0.2, -0.15) is 13.2 Å². The van der Waals surface area contributed by atoms with Gasteiger partial charge >= 0.3 is 17.5 Å². The molecule has 136 valence electrons. The van der Waals surface area contributed by atoms with Crippen LogP contribution in [0.25, 0.3) is 16.9 Å². The lowest BCUT2D eigenvalue weighted by atomic mass is 10.0. The second-order valence-electron chi connectivity index (χ2n) is 5.00. The second kappa shape index (κ2) is 6.00. The van der Waals surface area contributed by atoms with E-state index < -0.39 is 51.9 Å². The molecule has 0 aliphatic carbocycles. The largest absolute Gasteiger partial charge is 0.435 e. The lowest BCUT2D eigenvalue weighted by Crippen LogP contribution is -2.37. The molecule has 0 bridgehead atoms. The lowest BCUT2D eigenvalue weighted by Gasteiger charge is -2.12. The van der Waals surface area contributed by atoms with Gasteiger partial charge in [-0.05, 0) is 9.95 Å². The number of H-pyrrole nitrogens is 1. The van der Waals surface area contributed by atoms with Crippen molar-refractivity contribution < 1.29 is 39.9 Å². The van der Waals surface area contributed by atoms with E-state index in [4.69, 9.17) is 0 Å². The highest BCUT2D eigenvalue weighted by atomic mass is 19.4. The number of rotatable bonds is 2. The van der Waals surface area contributed by atoms with Crippen molar-refractivity contribution in [1.29, 1.82) is 0 Å². The highest BCUT2D eigenvalue weighted by molar-refractivity contribution is 5.59. The van der Waals surface area contributed by atoms with E-state index in [1.54, 1.807) is 6.07 Å². The minimum absolute atomic E-state index is 0.0628. The number of hydrogen-bond acceptors (Lipinski definition) is 2. The Morgan fingerprint density at radius 1 is 0.885 bits per heavy atom. The molecule has 0 saturated heterocycles. The van der Waals surface area contributed by atoms with Gasteiger partial charge < -0.3 is 0 Å². The van der Waals surface area contributed by atoms with Crippen LogP contribution >= 0.6 is 0 Å². The van der Waals surface area contributed by atoms with Gasteiger partial charge in [0.05, 0.1) is 0 Å². The average molecular weight is 379 g/mol. The van der Waals surface area contributed by atoms with Crippen molar-refractivity contribution in [3.63, 3.8) is 0 Å². The molecule has 0 radical (unpaired) electrons. The summed E-state index contributed by atoms with van der Waals surface area (Å²) in [6.45, 7) is 0. The summed E-state index contributed by atoms with van der Waals surface area (Å²) in [5.74, 6) is -10.1. The van der Waals surface area contributed by atoms with Crippen LogP contribution in [0.4, 0.5) is 30.7 Å². The molecule has 0 atom stereocenters. The molecule has 0 aliphatic rings. The van der Waals surface area contributed by atoms with Crippen LogP contribution in [-0.4, -0.2) is 5.27 Å². The second-order valence-corrected chi connectivity index (χ2v) is 5.00. The van der Waals surface area contributed by atoms with Crippen LogP contribution in [-0.2, 0) is 6.18 Å². The first kappa shape index (κ1) is 17.7. The molecule has 0 spiro atoms. The standard InChI is InChI=1S/C15H5F7N2O2/c16-9-7(10(17)12(19)8(11(9)18)15(20,21)22)13-14(25)26-23-24(13)6-4-2-1-3-5-6/h1-5H/p+1. The van der Waals surface area contributed by atoms with E-state index in [0.717, 1.165) is 0 Å². The third kappa shape index (κ3) is 2.65. The van der Waals surface area contributed by atoms with Gasteiger partial charge in [0.2, 0.25) is 5.69 Å². The molecule has 1 aromatic heterocycles. The number of halogens is 7. The van der Waals surface area contributed by atoms with E-state index in [-0.39, 0.29) is 5.69 Å². The fraction of sp³-hybridized carbons (Fsp3) is 0.0667. The Morgan fingerprint density at radius 3 is 1.92 bits per heavy atom. The smallest absolute Gasteiger partial charge is 0.282 e. The lowest BCUT2D eigenvalue weighted by molar-refractivity contribution is -0.660. The molecular weight excluding hydrogens is 373 g/mol. The minimum atomic E-state index is -5.69. The summed E-state index contributed by atoms with van der Waals surface area (Å²) in [7, 11) is 0. The van der Waals surface area contributed by atoms with E-state index >= 15 is 0 Å². The van der Waals surface area contributed by atoms with E-state index in [2.05, 4.69) is 4.52 Å². The molecule has 26 heavy (non-hydrogen) atoms. The summed E-state index contributed by atoms with van der Waals surface area (Å²) in [5.41, 5.74) is -6.81. The van der Waals surface area contributed by atoms with Gasteiger partial charge in [0.15, 0.2) is 23.3 Å². The number of para-hydroxylation sites is 1. The quantitative estimate of drug-likeness (QED) is 0.421. The van der Waals surface area contributed by atoms with Crippen molar-refractivity contribution in [2.75, 3.05) is 0 Å². The van der Waals surface area contributed by atoms with Crippen molar-refractivity contribution in [2.24, 2.45) is 0 Å². The Morgan fingerprint density at radius 2 is 1.42 bits per heavy atom. The fourth-order valence-electron chi connectivity index (χ4n) is 2.33. The number of nitrogens with one attached hydrogen (secondary N) is 1. The number of nitrogens with zero attached hydrogens (tertiary/aromatic N) is 1. The van der Waals surface area contributed by atoms with Crippen molar-refractivity contribution in [2.45, 2.75) is 6.18 Å². The Kier molecular flexibility index (Phi) is 4.09. The van der Waals surface area contributed by atoms with Crippen LogP contribution in [0.1, 0.15) is 5.56 Å². The maximum absolute atomic E-state index is 14.2. The number of aromatic nitrogens is 2. The molecular formula is C15H6F7N2O2+. The zero-order chi connectivity index (χ0) is 19.2. The first-order valence-corrected chi connectivity index (χ1v) is 6.77. The summed E-state index contributed by atoms with van der Waals surface area (Å²) in [6.07, 6.45) is -5.69. The van der Waals surface area contributed by atoms with Crippen LogP contribution in [0.3, 0.4) is 0 Å². The Balaban J connectivity index is 2.38. The molecule has 0 amide bonds. The zero-order valence-corrected chi connectivity index (χ0v) is 12.3. The van der Waals surface area contributed by atoms with E-state index in [1.807, 2.05) is 5.27 Å². The Labute approximate surface area is 139 Å². The number of alkyl halides is 3. The van der Waals surface area contributed by atoms with Crippen molar-refractivity contribution >= 4 is 0 Å². The van der Waals surface area contributed by atoms with Gasteiger partial charge in [-0.15, -0.1) is 0 Å². The van der Waals surface area contributed by atoms with E-state index in [9.17, 15) is 35.5 Å². The van der Waals surface area contributed by atoms with Crippen molar-refractivity contribution in [3.05, 3.63) is 69.6 Å². The summed E-state index contributed by atoms with van der Waals surface area (Å²) in [6, 6.07) is 7.14. The maximum atomic E-state index is 14.2. The Bertz CT molecular complexity index is 1010. The highest BCUT2D eigenvalue weighted by Gasteiger charge is 2.45. The molecule has 0 saturated carbocycles. The molecule has 3 aromatic rings. The summed E-state index contributed by atoms with van der Waals surface area (Å²) in [4.78, 5) is 11.8. The summed E-state index contributed by atoms with van der Waals surface area (Å²) < 4.78 is 99.0. The molecule has 1 heterocycles. The molecule has 3 rings (SSSR count). The number of benzene rings is 2. The van der Waals surface area contributed by atoms with Gasteiger partial charge in [-0.3, -0.25) is 4.52 Å². The normalized spacial score (nSPS) is 11.8. The fourth-order valence-corrected chi connectivity index (χ4v) is 2.33. The molecule has 2 aromatic carbocycles. The third-order valence-corrected chi connectivity index (χ3v) is 3.44. The molecule has 11 heteroatoms. The van der Waals surface area contributed by atoms with Crippen LogP contribution in [0.5, 0.6) is 0 Å². The SMILES string of the molecule is O=c1o[nH][n+](-c2ccccc2)c1-c1c(F)c(F)c(C(F)(F)F)c(F)c1F. The predicted octanol–water partition coefficient (Wildman–Crippen LogP) is 3.49. The topological polar surface area (TPSA) is 49.9 Å². The third-order valence-electron chi connectivity index (χ3n) is 3.44. The minimum Gasteiger partial charge on any atom is -0.282 e. The first-order valence-electron chi connectivity index (χ1n) is 6.77. The average Bonchev–Trinajstić information content (AvgIpc) is 2.95. The van der Waals surface area contributed by atoms with Gasteiger partial charge in [0.1, 0.15) is 11.1 Å². The maximum Gasteiger partial charge on any atom is 0.435 e. The predicted molar refractivity (Wildman–Crippen MR) is 71.1 cm³/mol. The van der Waals surface area contributed by atoms with E-state index in [1.165, 1.54) is 24.3 Å².